The third kappa shape index (κ3) is 4.89. The van der Waals surface area contributed by atoms with Crippen molar-refractivity contribution in [2.75, 3.05) is 13.2 Å². The summed E-state index contributed by atoms with van der Waals surface area (Å²) in [5, 5.41) is 5.19. The number of benzene rings is 3. The molecule has 0 saturated carbocycles. The Hall–Kier alpha value is -2.90. The Balaban J connectivity index is 1.29. The van der Waals surface area contributed by atoms with Gasteiger partial charge in [-0.15, -0.1) is 0 Å². The highest BCUT2D eigenvalue weighted by Gasteiger charge is 2.45. The molecule has 2 unspecified atom stereocenters. The summed E-state index contributed by atoms with van der Waals surface area (Å²) in [7, 11) is 0. The third-order valence-corrected chi connectivity index (χ3v) is 5.98. The monoisotopic (exact) mass is 481 g/mol. The van der Waals surface area contributed by atoms with Crippen LogP contribution in [0.4, 0.5) is 0 Å². The Bertz CT molecular complexity index is 1200. The molecule has 0 aliphatic carbocycles. The van der Waals surface area contributed by atoms with Crippen LogP contribution in [0.1, 0.15) is 5.56 Å². The van der Waals surface area contributed by atoms with E-state index in [1.54, 1.807) is 23.1 Å². The molecular weight excluding hydrogens is 461 g/mol. The molecule has 6 nitrogen and oxygen atoms in total. The summed E-state index contributed by atoms with van der Waals surface area (Å²) in [5.41, 5.74) is 2.97. The molecule has 1 fully saturated rings. The van der Waals surface area contributed by atoms with E-state index in [1.807, 2.05) is 48.5 Å². The van der Waals surface area contributed by atoms with Crippen molar-refractivity contribution in [3.05, 3.63) is 101 Å². The van der Waals surface area contributed by atoms with Crippen LogP contribution < -0.4 is 4.74 Å². The Morgan fingerprint density at radius 2 is 1.79 bits per heavy atom. The van der Waals surface area contributed by atoms with Crippen LogP contribution in [0.5, 0.6) is 5.75 Å². The normalized spacial score (nSPS) is 20.1. The molecule has 1 aliphatic rings. The zero-order valence-corrected chi connectivity index (χ0v) is 19.1. The molecule has 4 aromatic rings. The van der Waals surface area contributed by atoms with Crippen LogP contribution in [0.15, 0.2) is 85.5 Å². The minimum Gasteiger partial charge on any atom is -0.491 e. The van der Waals surface area contributed by atoms with E-state index >= 15 is 0 Å². The molecule has 0 spiro atoms. The van der Waals surface area contributed by atoms with E-state index < -0.39 is 5.79 Å². The molecule has 0 bridgehead atoms. The molecule has 8 heteroatoms. The topological polar surface area (TPSA) is 58.4 Å². The van der Waals surface area contributed by atoms with Crippen molar-refractivity contribution in [2.45, 2.75) is 18.4 Å². The first kappa shape index (κ1) is 21.9. The van der Waals surface area contributed by atoms with E-state index in [0.29, 0.717) is 28.8 Å². The Morgan fingerprint density at radius 3 is 2.52 bits per heavy atom. The lowest BCUT2D eigenvalue weighted by molar-refractivity contribution is -0.190. The molecule has 2 heterocycles. The Kier molecular flexibility index (Phi) is 6.33. The van der Waals surface area contributed by atoms with Crippen LogP contribution in [0.3, 0.4) is 0 Å². The van der Waals surface area contributed by atoms with E-state index in [0.717, 1.165) is 16.9 Å². The van der Waals surface area contributed by atoms with Gasteiger partial charge in [0, 0.05) is 10.6 Å². The molecule has 3 aromatic carbocycles. The second kappa shape index (κ2) is 9.53. The van der Waals surface area contributed by atoms with Crippen molar-refractivity contribution in [3.63, 3.8) is 0 Å². The van der Waals surface area contributed by atoms with Crippen molar-refractivity contribution in [1.29, 1.82) is 0 Å². The smallest absolute Gasteiger partial charge is 0.217 e. The number of halogens is 2. The van der Waals surface area contributed by atoms with Gasteiger partial charge in [-0.05, 0) is 35.4 Å². The van der Waals surface area contributed by atoms with Crippen LogP contribution in [0, 0.1) is 0 Å². The van der Waals surface area contributed by atoms with Gasteiger partial charge in [0.05, 0.1) is 11.6 Å². The van der Waals surface area contributed by atoms with Gasteiger partial charge < -0.3 is 14.2 Å². The van der Waals surface area contributed by atoms with Crippen LogP contribution in [-0.2, 0) is 21.8 Å². The lowest BCUT2D eigenvalue weighted by atomic mass is 10.1. The summed E-state index contributed by atoms with van der Waals surface area (Å²) in [6.07, 6.45) is 2.77. The van der Waals surface area contributed by atoms with Crippen LogP contribution >= 0.6 is 23.2 Å². The second-order valence-corrected chi connectivity index (χ2v) is 8.57. The highest BCUT2D eigenvalue weighted by molar-refractivity contribution is 6.35. The zero-order chi connectivity index (χ0) is 22.7. The maximum atomic E-state index is 6.50. The highest BCUT2D eigenvalue weighted by Crippen LogP contribution is 2.40. The number of aromatic nitrogens is 3. The zero-order valence-electron chi connectivity index (χ0n) is 17.6. The van der Waals surface area contributed by atoms with Crippen molar-refractivity contribution < 1.29 is 14.2 Å². The number of hydrogen-bond donors (Lipinski definition) is 0. The Morgan fingerprint density at radius 1 is 1.00 bits per heavy atom. The van der Waals surface area contributed by atoms with Crippen LogP contribution in [0.2, 0.25) is 10.0 Å². The summed E-state index contributed by atoms with van der Waals surface area (Å²) in [6.45, 7) is 0.960. The number of hydrogen-bond acceptors (Lipinski definition) is 5. The van der Waals surface area contributed by atoms with Crippen molar-refractivity contribution in [2.24, 2.45) is 0 Å². The lowest BCUT2D eigenvalue weighted by Crippen LogP contribution is -2.35. The molecular formula is C25H21Cl2N3O3. The summed E-state index contributed by atoms with van der Waals surface area (Å²) in [5.74, 6) is -0.364. The van der Waals surface area contributed by atoms with Crippen molar-refractivity contribution in [1.82, 2.24) is 14.8 Å². The SMILES string of the molecule is Clc1ccc(C2(Cn3cncn3)OCC(COc3ccc(-c4ccccc4)cc3)O2)c(Cl)c1. The van der Waals surface area contributed by atoms with Gasteiger partial charge in [-0.25, -0.2) is 9.67 Å². The fourth-order valence-corrected chi connectivity index (χ4v) is 4.40. The van der Waals surface area contributed by atoms with Gasteiger partial charge in [-0.1, -0.05) is 71.7 Å². The molecule has 0 radical (unpaired) electrons. The van der Waals surface area contributed by atoms with Gasteiger partial charge in [0.15, 0.2) is 0 Å². The summed E-state index contributed by atoms with van der Waals surface area (Å²) >= 11 is 12.6. The average Bonchev–Trinajstić information content (AvgIpc) is 3.49. The first-order chi connectivity index (χ1) is 16.1. The van der Waals surface area contributed by atoms with E-state index in [2.05, 4.69) is 22.2 Å². The van der Waals surface area contributed by atoms with E-state index in [4.69, 9.17) is 37.4 Å². The first-order valence-corrected chi connectivity index (χ1v) is 11.2. The van der Waals surface area contributed by atoms with Gasteiger partial charge in [0.25, 0.3) is 0 Å². The minimum absolute atomic E-state index is 0.288. The van der Waals surface area contributed by atoms with E-state index in [-0.39, 0.29) is 12.6 Å². The number of ether oxygens (including phenoxy) is 3. The second-order valence-electron chi connectivity index (χ2n) is 7.72. The third-order valence-electron chi connectivity index (χ3n) is 5.43. The van der Waals surface area contributed by atoms with Gasteiger partial charge in [-0.3, -0.25) is 0 Å². The molecule has 168 valence electrons. The molecule has 1 aromatic heterocycles. The Labute approximate surface area is 201 Å². The molecule has 2 atom stereocenters. The number of nitrogens with zero attached hydrogens (tertiary/aromatic N) is 3. The van der Waals surface area contributed by atoms with E-state index in [9.17, 15) is 0 Å². The maximum absolute atomic E-state index is 6.50. The van der Waals surface area contributed by atoms with Crippen molar-refractivity contribution in [3.8, 4) is 16.9 Å². The van der Waals surface area contributed by atoms with E-state index in [1.165, 1.54) is 6.33 Å². The molecule has 0 amide bonds. The summed E-state index contributed by atoms with van der Waals surface area (Å²) in [4.78, 5) is 4.01. The molecule has 5 rings (SSSR count). The molecule has 1 saturated heterocycles. The largest absolute Gasteiger partial charge is 0.491 e. The first-order valence-electron chi connectivity index (χ1n) is 10.5. The fraction of sp³-hybridized carbons (Fsp3) is 0.200. The average molecular weight is 482 g/mol. The molecule has 33 heavy (non-hydrogen) atoms. The van der Waals surface area contributed by atoms with Crippen LogP contribution in [0.25, 0.3) is 11.1 Å². The van der Waals surface area contributed by atoms with Crippen LogP contribution in [-0.4, -0.2) is 34.1 Å². The standard InChI is InChI=1S/C25H21Cl2N3O3/c26-20-8-11-23(24(27)12-20)25(15-30-17-28-16-29-30)32-14-22(33-25)13-31-21-9-6-19(7-10-21)18-4-2-1-3-5-18/h1-12,16-17,22H,13-15H2. The summed E-state index contributed by atoms with van der Waals surface area (Å²) < 4.78 is 20.2. The van der Waals surface area contributed by atoms with Gasteiger partial charge in [-0.2, -0.15) is 5.10 Å². The van der Waals surface area contributed by atoms with Gasteiger partial charge >= 0.3 is 0 Å². The fourth-order valence-electron chi connectivity index (χ4n) is 3.85. The highest BCUT2D eigenvalue weighted by atomic mass is 35.5. The lowest BCUT2D eigenvalue weighted by Gasteiger charge is -2.29. The molecule has 1 aliphatic heterocycles. The summed E-state index contributed by atoms with van der Waals surface area (Å²) in [6, 6.07) is 23.4. The number of rotatable bonds is 7. The minimum atomic E-state index is -1.12. The van der Waals surface area contributed by atoms with Gasteiger partial charge in [0.1, 0.15) is 37.7 Å². The maximum Gasteiger partial charge on any atom is 0.217 e. The predicted octanol–water partition coefficient (Wildman–Crippen LogP) is 5.60. The quantitative estimate of drug-likeness (QED) is 0.343. The van der Waals surface area contributed by atoms with Crippen molar-refractivity contribution >= 4 is 23.2 Å². The molecule has 0 N–H and O–H groups in total. The predicted molar refractivity (Wildman–Crippen MR) is 126 cm³/mol. The van der Waals surface area contributed by atoms with Gasteiger partial charge in [0.2, 0.25) is 5.79 Å².